The van der Waals surface area contributed by atoms with Crippen LogP contribution in [0.2, 0.25) is 0 Å². The standard InChI is InChI=1S/C19H37N3/c1-2-3-4-11-16-20-19(21-17-12-7-5-8-13-17)22-18-14-9-6-10-15-18/h17-18H,2-16H2,1H3,(H2,20,21,22). The topological polar surface area (TPSA) is 36.4 Å². The molecule has 0 radical (unpaired) electrons. The number of nitrogens with one attached hydrogen (secondary N) is 2. The summed E-state index contributed by atoms with van der Waals surface area (Å²) in [6.07, 6.45) is 18.8. The van der Waals surface area contributed by atoms with E-state index in [0.29, 0.717) is 12.1 Å². The van der Waals surface area contributed by atoms with Gasteiger partial charge >= 0.3 is 0 Å². The van der Waals surface area contributed by atoms with Crippen molar-refractivity contribution in [2.75, 3.05) is 6.54 Å². The first-order valence-electron chi connectivity index (χ1n) is 9.96. The zero-order valence-electron chi connectivity index (χ0n) is 14.7. The molecule has 0 unspecified atom stereocenters. The lowest BCUT2D eigenvalue weighted by Gasteiger charge is -2.29. The minimum absolute atomic E-state index is 0.652. The summed E-state index contributed by atoms with van der Waals surface area (Å²) >= 11 is 0. The molecule has 0 amide bonds. The summed E-state index contributed by atoms with van der Waals surface area (Å²) in [6.45, 7) is 3.25. The zero-order valence-corrected chi connectivity index (χ0v) is 14.7. The molecular weight excluding hydrogens is 270 g/mol. The molecule has 3 heteroatoms. The van der Waals surface area contributed by atoms with Crippen LogP contribution in [0.3, 0.4) is 0 Å². The van der Waals surface area contributed by atoms with Crippen LogP contribution in [0.15, 0.2) is 4.99 Å². The highest BCUT2D eigenvalue weighted by Crippen LogP contribution is 2.19. The summed E-state index contributed by atoms with van der Waals surface area (Å²) in [5, 5.41) is 7.47. The highest BCUT2D eigenvalue weighted by molar-refractivity contribution is 5.80. The molecule has 0 spiro atoms. The van der Waals surface area contributed by atoms with Crippen LogP contribution in [-0.2, 0) is 0 Å². The van der Waals surface area contributed by atoms with Crippen LogP contribution in [0.4, 0.5) is 0 Å². The normalized spacial score (nSPS) is 20.6. The largest absolute Gasteiger partial charge is 0.354 e. The average Bonchev–Trinajstić information content (AvgIpc) is 2.56. The Labute approximate surface area is 137 Å². The van der Waals surface area contributed by atoms with E-state index < -0.39 is 0 Å². The molecule has 3 nitrogen and oxygen atoms in total. The number of guanidine groups is 1. The van der Waals surface area contributed by atoms with Crippen LogP contribution < -0.4 is 10.6 Å². The van der Waals surface area contributed by atoms with Crippen LogP contribution in [0.25, 0.3) is 0 Å². The van der Waals surface area contributed by atoms with E-state index in [1.54, 1.807) is 0 Å². The molecule has 0 aliphatic heterocycles. The summed E-state index contributed by atoms with van der Waals surface area (Å²) < 4.78 is 0. The molecule has 2 aliphatic carbocycles. The summed E-state index contributed by atoms with van der Waals surface area (Å²) in [7, 11) is 0. The maximum Gasteiger partial charge on any atom is 0.191 e. The highest BCUT2D eigenvalue weighted by Gasteiger charge is 2.18. The first kappa shape index (κ1) is 17.6. The van der Waals surface area contributed by atoms with E-state index >= 15 is 0 Å². The Balaban J connectivity index is 1.79. The molecule has 0 aromatic rings. The Hall–Kier alpha value is -0.730. The fourth-order valence-electron chi connectivity index (χ4n) is 3.74. The van der Waals surface area contributed by atoms with E-state index in [2.05, 4.69) is 17.6 Å². The molecule has 0 heterocycles. The minimum atomic E-state index is 0.652. The van der Waals surface area contributed by atoms with Gasteiger partial charge in [-0.15, -0.1) is 0 Å². The molecule has 2 rings (SSSR count). The molecule has 0 atom stereocenters. The molecule has 22 heavy (non-hydrogen) atoms. The van der Waals surface area contributed by atoms with Gasteiger partial charge < -0.3 is 10.6 Å². The average molecular weight is 308 g/mol. The molecule has 2 saturated carbocycles. The van der Waals surface area contributed by atoms with Crippen molar-refractivity contribution >= 4 is 5.96 Å². The predicted molar refractivity (Wildman–Crippen MR) is 96.5 cm³/mol. The Morgan fingerprint density at radius 1 is 0.773 bits per heavy atom. The SMILES string of the molecule is CCCCCCN=C(NC1CCCCC1)NC1CCCCC1. The van der Waals surface area contributed by atoms with Crippen molar-refractivity contribution in [3.05, 3.63) is 0 Å². The third-order valence-electron chi connectivity index (χ3n) is 5.17. The third kappa shape index (κ3) is 7.02. The van der Waals surface area contributed by atoms with Gasteiger partial charge in [0.05, 0.1) is 0 Å². The maximum absolute atomic E-state index is 4.88. The molecule has 2 aliphatic rings. The number of rotatable bonds is 7. The van der Waals surface area contributed by atoms with Gasteiger partial charge in [0.2, 0.25) is 0 Å². The number of aliphatic imine (C=N–C) groups is 1. The maximum atomic E-state index is 4.88. The van der Waals surface area contributed by atoms with Gasteiger partial charge in [0.15, 0.2) is 5.96 Å². The van der Waals surface area contributed by atoms with E-state index in [9.17, 15) is 0 Å². The summed E-state index contributed by atoms with van der Waals surface area (Å²) in [5.74, 6) is 1.11. The van der Waals surface area contributed by atoms with Crippen molar-refractivity contribution in [1.82, 2.24) is 10.6 Å². The molecule has 128 valence electrons. The van der Waals surface area contributed by atoms with Crippen molar-refractivity contribution in [3.63, 3.8) is 0 Å². The molecule has 0 aromatic carbocycles. The number of nitrogens with zero attached hydrogens (tertiary/aromatic N) is 1. The molecular formula is C19H37N3. The third-order valence-corrected chi connectivity index (χ3v) is 5.17. The minimum Gasteiger partial charge on any atom is -0.354 e. The van der Waals surface area contributed by atoms with Gasteiger partial charge in [-0.2, -0.15) is 0 Å². The smallest absolute Gasteiger partial charge is 0.191 e. The van der Waals surface area contributed by atoms with Gasteiger partial charge in [0.1, 0.15) is 0 Å². The van der Waals surface area contributed by atoms with Crippen LogP contribution >= 0.6 is 0 Å². The summed E-state index contributed by atoms with van der Waals surface area (Å²) in [4.78, 5) is 4.88. The lowest BCUT2D eigenvalue weighted by atomic mass is 9.95. The Bertz CT molecular complexity index is 280. The molecule has 2 N–H and O–H groups in total. The molecule has 0 aromatic heterocycles. The van der Waals surface area contributed by atoms with Gasteiger partial charge in [0, 0.05) is 18.6 Å². The van der Waals surface area contributed by atoms with E-state index in [1.165, 1.54) is 89.9 Å². The quantitative estimate of drug-likeness (QED) is 0.404. The second-order valence-corrected chi connectivity index (χ2v) is 7.25. The van der Waals surface area contributed by atoms with Crippen molar-refractivity contribution in [2.24, 2.45) is 4.99 Å². The fraction of sp³-hybridized carbons (Fsp3) is 0.947. The predicted octanol–water partition coefficient (Wildman–Crippen LogP) is 4.77. The Morgan fingerprint density at radius 2 is 1.32 bits per heavy atom. The van der Waals surface area contributed by atoms with E-state index in [-0.39, 0.29) is 0 Å². The van der Waals surface area contributed by atoms with Gasteiger partial charge in [-0.25, -0.2) is 0 Å². The van der Waals surface area contributed by atoms with Crippen LogP contribution in [0.1, 0.15) is 96.8 Å². The van der Waals surface area contributed by atoms with Crippen molar-refractivity contribution in [2.45, 2.75) is 109 Å². The highest BCUT2D eigenvalue weighted by atomic mass is 15.2. The number of hydrogen-bond donors (Lipinski definition) is 2. The second-order valence-electron chi connectivity index (χ2n) is 7.25. The first-order chi connectivity index (χ1) is 10.9. The van der Waals surface area contributed by atoms with Gasteiger partial charge in [-0.3, -0.25) is 4.99 Å². The fourth-order valence-corrected chi connectivity index (χ4v) is 3.74. The van der Waals surface area contributed by atoms with Crippen LogP contribution in [0, 0.1) is 0 Å². The van der Waals surface area contributed by atoms with Crippen molar-refractivity contribution < 1.29 is 0 Å². The Morgan fingerprint density at radius 3 is 1.82 bits per heavy atom. The van der Waals surface area contributed by atoms with Gasteiger partial charge in [0.25, 0.3) is 0 Å². The first-order valence-corrected chi connectivity index (χ1v) is 9.96. The number of unbranched alkanes of at least 4 members (excludes halogenated alkanes) is 3. The van der Waals surface area contributed by atoms with Crippen molar-refractivity contribution in [1.29, 1.82) is 0 Å². The van der Waals surface area contributed by atoms with Crippen LogP contribution in [0.5, 0.6) is 0 Å². The van der Waals surface area contributed by atoms with E-state index in [4.69, 9.17) is 4.99 Å². The van der Waals surface area contributed by atoms with Crippen molar-refractivity contribution in [3.8, 4) is 0 Å². The molecule has 0 bridgehead atoms. The zero-order chi connectivity index (χ0) is 15.5. The van der Waals surface area contributed by atoms with Gasteiger partial charge in [-0.05, 0) is 32.1 Å². The number of hydrogen-bond acceptors (Lipinski definition) is 1. The monoisotopic (exact) mass is 307 g/mol. The van der Waals surface area contributed by atoms with E-state index in [1.807, 2.05) is 0 Å². The van der Waals surface area contributed by atoms with Crippen LogP contribution in [-0.4, -0.2) is 24.6 Å². The lowest BCUT2D eigenvalue weighted by molar-refractivity contribution is 0.388. The lowest BCUT2D eigenvalue weighted by Crippen LogP contribution is -2.48. The second kappa shape index (κ2) is 10.9. The summed E-state index contributed by atoms with van der Waals surface area (Å²) in [6, 6.07) is 1.30. The summed E-state index contributed by atoms with van der Waals surface area (Å²) in [5.41, 5.74) is 0. The van der Waals surface area contributed by atoms with E-state index in [0.717, 1.165) is 12.5 Å². The Kier molecular flexibility index (Phi) is 8.74. The molecule has 0 saturated heterocycles. The molecule has 2 fully saturated rings. The van der Waals surface area contributed by atoms with Gasteiger partial charge in [-0.1, -0.05) is 64.7 Å².